The molecule has 3 aromatic rings. The number of aromatic nitrogens is 2. The maximum Gasteiger partial charge on any atom is 0.244 e. The summed E-state index contributed by atoms with van der Waals surface area (Å²) in [5, 5.41) is 2.97. The number of imidazole rings is 1. The van der Waals surface area contributed by atoms with Crippen molar-refractivity contribution in [2.75, 3.05) is 18.5 Å². The van der Waals surface area contributed by atoms with E-state index in [0.717, 1.165) is 27.8 Å². The molecule has 0 aliphatic carbocycles. The van der Waals surface area contributed by atoms with Crippen LogP contribution >= 0.6 is 0 Å². The molecule has 1 N–H and O–H groups in total. The smallest absolute Gasteiger partial charge is 0.244 e. The van der Waals surface area contributed by atoms with Crippen molar-refractivity contribution in [1.29, 1.82) is 0 Å². The maximum absolute atomic E-state index is 12.5. The molecule has 0 spiro atoms. The molecule has 2 aromatic carbocycles. The highest BCUT2D eigenvalue weighted by atomic mass is 16.6. The number of anilines is 1. The highest BCUT2D eigenvalue weighted by molar-refractivity contribution is 5.92. The summed E-state index contributed by atoms with van der Waals surface area (Å²) in [6.07, 6.45) is 1.67. The van der Waals surface area contributed by atoms with Gasteiger partial charge in [-0.2, -0.15) is 0 Å². The van der Waals surface area contributed by atoms with Crippen molar-refractivity contribution in [1.82, 2.24) is 9.55 Å². The fraction of sp³-hybridized carbons (Fsp3) is 0.263. The molecule has 0 fully saturated rings. The molecule has 0 unspecified atom stereocenters. The second kappa shape index (κ2) is 6.12. The lowest BCUT2D eigenvalue weighted by atomic mass is 10.1. The number of nitrogens with zero attached hydrogens (tertiary/aromatic N) is 2. The number of hydrogen-bond donors (Lipinski definition) is 1. The monoisotopic (exact) mass is 337 g/mol. The zero-order valence-corrected chi connectivity index (χ0v) is 14.2. The van der Waals surface area contributed by atoms with Gasteiger partial charge in [0, 0.05) is 17.8 Å². The minimum absolute atomic E-state index is 0.0945. The maximum atomic E-state index is 12.5. The van der Waals surface area contributed by atoms with E-state index in [2.05, 4.69) is 10.3 Å². The number of hydrogen-bond acceptors (Lipinski definition) is 4. The first-order chi connectivity index (χ1) is 12.1. The Kier molecular flexibility index (Phi) is 3.80. The Labute approximate surface area is 145 Å². The van der Waals surface area contributed by atoms with Crippen LogP contribution in [-0.4, -0.2) is 28.7 Å². The Balaban J connectivity index is 1.58. The number of carbonyl (C=O) groups is 1. The molecule has 0 radical (unpaired) electrons. The molecule has 6 nitrogen and oxygen atoms in total. The van der Waals surface area contributed by atoms with Crippen molar-refractivity contribution in [3.63, 3.8) is 0 Å². The van der Waals surface area contributed by atoms with Gasteiger partial charge < -0.3 is 19.4 Å². The average Bonchev–Trinajstić information content (AvgIpc) is 2.99. The molecule has 4 rings (SSSR count). The lowest BCUT2D eigenvalue weighted by molar-refractivity contribution is -0.116. The van der Waals surface area contributed by atoms with Gasteiger partial charge in [-0.25, -0.2) is 4.98 Å². The molecular weight excluding hydrogens is 318 g/mol. The number of ether oxygens (including phenoxy) is 2. The number of nitrogens with one attached hydrogen (secondary N) is 1. The second-order valence-corrected chi connectivity index (χ2v) is 6.15. The summed E-state index contributed by atoms with van der Waals surface area (Å²) in [6, 6.07) is 9.60. The number of benzene rings is 2. The fourth-order valence-electron chi connectivity index (χ4n) is 2.95. The van der Waals surface area contributed by atoms with Crippen LogP contribution in [0.5, 0.6) is 11.5 Å². The molecule has 1 aliphatic heterocycles. The highest BCUT2D eigenvalue weighted by Crippen LogP contribution is 2.34. The van der Waals surface area contributed by atoms with Crippen LogP contribution < -0.4 is 14.8 Å². The van der Waals surface area contributed by atoms with Gasteiger partial charge in [0.25, 0.3) is 0 Å². The van der Waals surface area contributed by atoms with E-state index in [0.29, 0.717) is 24.7 Å². The summed E-state index contributed by atoms with van der Waals surface area (Å²) in [5.41, 5.74) is 4.69. The Morgan fingerprint density at radius 1 is 1.20 bits per heavy atom. The van der Waals surface area contributed by atoms with Crippen LogP contribution in [0.1, 0.15) is 11.1 Å². The minimum atomic E-state index is -0.0945. The molecule has 2 heterocycles. The largest absolute Gasteiger partial charge is 0.486 e. The lowest BCUT2D eigenvalue weighted by Crippen LogP contribution is -2.19. The predicted molar refractivity (Wildman–Crippen MR) is 95.3 cm³/mol. The van der Waals surface area contributed by atoms with Crippen molar-refractivity contribution < 1.29 is 14.3 Å². The van der Waals surface area contributed by atoms with E-state index in [1.807, 2.05) is 48.7 Å². The van der Waals surface area contributed by atoms with Gasteiger partial charge in [0.05, 0.1) is 17.4 Å². The molecule has 0 saturated heterocycles. The Hall–Kier alpha value is -3.02. The minimum Gasteiger partial charge on any atom is -0.486 e. The highest BCUT2D eigenvalue weighted by Gasteiger charge is 2.16. The quantitative estimate of drug-likeness (QED) is 0.798. The van der Waals surface area contributed by atoms with Gasteiger partial charge >= 0.3 is 0 Å². The summed E-state index contributed by atoms with van der Waals surface area (Å²) in [5.74, 6) is 1.29. The normalized spacial score (nSPS) is 13.0. The van der Waals surface area contributed by atoms with Gasteiger partial charge in [-0.1, -0.05) is 12.1 Å². The number of carbonyl (C=O) groups excluding carboxylic acids is 1. The van der Waals surface area contributed by atoms with Crippen LogP contribution in [0.15, 0.2) is 36.7 Å². The Morgan fingerprint density at radius 3 is 2.76 bits per heavy atom. The predicted octanol–water partition coefficient (Wildman–Crippen LogP) is 3.06. The van der Waals surface area contributed by atoms with Crippen molar-refractivity contribution >= 4 is 22.6 Å². The van der Waals surface area contributed by atoms with Crippen LogP contribution in [0, 0.1) is 13.8 Å². The molecule has 25 heavy (non-hydrogen) atoms. The van der Waals surface area contributed by atoms with Crippen molar-refractivity contribution in [2.24, 2.45) is 0 Å². The molecule has 6 heteroatoms. The van der Waals surface area contributed by atoms with Crippen LogP contribution in [0.25, 0.3) is 11.0 Å². The SMILES string of the molecule is Cc1cccc(NC(=O)Cn2cnc3cc4c(cc32)OCCO4)c1C. The van der Waals surface area contributed by atoms with Crippen LogP contribution in [0.2, 0.25) is 0 Å². The van der Waals surface area contributed by atoms with Gasteiger partial charge in [0.1, 0.15) is 19.8 Å². The van der Waals surface area contributed by atoms with Gasteiger partial charge in [-0.3, -0.25) is 4.79 Å². The van der Waals surface area contributed by atoms with Gasteiger partial charge in [-0.15, -0.1) is 0 Å². The number of aryl methyl sites for hydroxylation is 1. The topological polar surface area (TPSA) is 65.4 Å². The zero-order chi connectivity index (χ0) is 17.4. The lowest BCUT2D eigenvalue weighted by Gasteiger charge is -2.18. The van der Waals surface area contributed by atoms with Crippen LogP contribution in [-0.2, 0) is 11.3 Å². The molecule has 1 aliphatic rings. The van der Waals surface area contributed by atoms with E-state index in [1.54, 1.807) is 6.33 Å². The molecule has 1 amide bonds. The number of amides is 1. The van der Waals surface area contributed by atoms with E-state index >= 15 is 0 Å². The van der Waals surface area contributed by atoms with E-state index in [4.69, 9.17) is 9.47 Å². The molecule has 0 bridgehead atoms. The van der Waals surface area contributed by atoms with E-state index in [-0.39, 0.29) is 12.5 Å². The Bertz CT molecular complexity index is 962. The first kappa shape index (κ1) is 15.5. The van der Waals surface area contributed by atoms with E-state index in [9.17, 15) is 4.79 Å². The summed E-state index contributed by atoms with van der Waals surface area (Å²) in [7, 11) is 0. The van der Waals surface area contributed by atoms with Crippen LogP contribution in [0.3, 0.4) is 0 Å². The molecule has 0 saturated carbocycles. The van der Waals surface area contributed by atoms with Gasteiger partial charge in [-0.05, 0) is 31.0 Å². The molecule has 1 aromatic heterocycles. The molecular formula is C19H19N3O3. The average molecular weight is 337 g/mol. The standard InChI is InChI=1S/C19H19N3O3/c1-12-4-3-5-14(13(12)2)21-19(23)10-22-11-20-15-8-17-18(9-16(15)22)25-7-6-24-17/h3-5,8-9,11H,6-7,10H2,1-2H3,(H,21,23). The molecule has 128 valence electrons. The summed E-state index contributed by atoms with van der Waals surface area (Å²) in [6.45, 7) is 5.28. The third-order valence-corrected chi connectivity index (χ3v) is 4.48. The fourth-order valence-corrected chi connectivity index (χ4v) is 2.95. The van der Waals surface area contributed by atoms with Crippen LogP contribution in [0.4, 0.5) is 5.69 Å². The third kappa shape index (κ3) is 2.91. The van der Waals surface area contributed by atoms with E-state index < -0.39 is 0 Å². The van der Waals surface area contributed by atoms with Crippen molar-refractivity contribution in [3.05, 3.63) is 47.8 Å². The third-order valence-electron chi connectivity index (χ3n) is 4.48. The number of fused-ring (bicyclic) bond motifs is 2. The summed E-state index contributed by atoms with van der Waals surface area (Å²) in [4.78, 5) is 16.8. The molecule has 0 atom stereocenters. The van der Waals surface area contributed by atoms with E-state index in [1.165, 1.54) is 0 Å². The first-order valence-corrected chi connectivity index (χ1v) is 8.22. The van der Waals surface area contributed by atoms with Crippen molar-refractivity contribution in [2.45, 2.75) is 20.4 Å². The number of rotatable bonds is 3. The summed E-state index contributed by atoms with van der Waals surface area (Å²) >= 11 is 0. The zero-order valence-electron chi connectivity index (χ0n) is 14.2. The Morgan fingerprint density at radius 2 is 1.96 bits per heavy atom. The second-order valence-electron chi connectivity index (χ2n) is 6.15. The van der Waals surface area contributed by atoms with Gasteiger partial charge in [0.15, 0.2) is 11.5 Å². The van der Waals surface area contributed by atoms with Gasteiger partial charge in [0.2, 0.25) is 5.91 Å². The first-order valence-electron chi connectivity index (χ1n) is 8.22. The summed E-state index contributed by atoms with van der Waals surface area (Å²) < 4.78 is 13.0. The van der Waals surface area contributed by atoms with Crippen molar-refractivity contribution in [3.8, 4) is 11.5 Å².